The summed E-state index contributed by atoms with van der Waals surface area (Å²) in [5.41, 5.74) is 8.39. The second-order valence-corrected chi connectivity index (χ2v) is 4.52. The Hall–Kier alpha value is -1.88. The molecule has 1 heterocycles. The zero-order valence-corrected chi connectivity index (χ0v) is 11.2. The second kappa shape index (κ2) is 5.18. The lowest BCUT2D eigenvalue weighted by Crippen LogP contribution is -2.09. The molecule has 0 spiro atoms. The molecule has 0 fully saturated rings. The van der Waals surface area contributed by atoms with E-state index in [1.807, 2.05) is 49.0 Å². The van der Waals surface area contributed by atoms with Crippen molar-refractivity contribution in [2.75, 3.05) is 0 Å². The van der Waals surface area contributed by atoms with Crippen molar-refractivity contribution in [3.05, 3.63) is 47.3 Å². The summed E-state index contributed by atoms with van der Waals surface area (Å²) in [7, 11) is 1.90. The number of aromatic nitrogens is 2. The minimum Gasteiger partial charge on any atom is -0.487 e. The summed E-state index contributed by atoms with van der Waals surface area (Å²) in [6.45, 7) is 2.45. The van der Waals surface area contributed by atoms with Crippen LogP contribution in [0.5, 0.6) is 5.75 Å². The molecule has 0 atom stereocenters. The molecule has 18 heavy (non-hydrogen) atoms. The van der Waals surface area contributed by atoms with Gasteiger partial charge >= 0.3 is 0 Å². The molecule has 2 rings (SSSR count). The average Bonchev–Trinajstić information content (AvgIpc) is 2.66. The number of hydrogen-bond acceptors (Lipinski definition) is 3. The van der Waals surface area contributed by atoms with Crippen LogP contribution >= 0.6 is 12.2 Å². The van der Waals surface area contributed by atoms with Crippen LogP contribution in [0.25, 0.3) is 0 Å². The SMILES string of the molecule is Cc1cc(COc2ccc(C(N)=S)cc2)n(C)n1. The second-order valence-electron chi connectivity index (χ2n) is 4.08. The molecule has 94 valence electrons. The van der Waals surface area contributed by atoms with Gasteiger partial charge in [-0.05, 0) is 37.3 Å². The van der Waals surface area contributed by atoms with E-state index in [4.69, 9.17) is 22.7 Å². The Morgan fingerprint density at radius 2 is 2.06 bits per heavy atom. The first-order chi connectivity index (χ1) is 8.56. The van der Waals surface area contributed by atoms with E-state index in [0.29, 0.717) is 11.6 Å². The molecule has 0 aliphatic rings. The predicted octanol–water partition coefficient (Wildman–Crippen LogP) is 1.94. The molecule has 0 saturated heterocycles. The summed E-state index contributed by atoms with van der Waals surface area (Å²) in [4.78, 5) is 0.392. The van der Waals surface area contributed by atoms with Gasteiger partial charge in [0.05, 0.1) is 11.4 Å². The monoisotopic (exact) mass is 261 g/mol. The third-order valence-corrected chi connectivity index (χ3v) is 2.86. The first-order valence-electron chi connectivity index (χ1n) is 5.58. The van der Waals surface area contributed by atoms with E-state index in [-0.39, 0.29) is 0 Å². The molecule has 0 bridgehead atoms. The van der Waals surface area contributed by atoms with Crippen LogP contribution in [0.4, 0.5) is 0 Å². The van der Waals surface area contributed by atoms with Gasteiger partial charge in [-0.2, -0.15) is 5.10 Å². The number of aryl methyl sites for hydroxylation is 2. The van der Waals surface area contributed by atoms with Crippen LogP contribution in [0.3, 0.4) is 0 Å². The van der Waals surface area contributed by atoms with E-state index in [2.05, 4.69) is 5.10 Å². The van der Waals surface area contributed by atoms with Gasteiger partial charge in [-0.15, -0.1) is 0 Å². The van der Waals surface area contributed by atoms with Gasteiger partial charge < -0.3 is 10.5 Å². The van der Waals surface area contributed by atoms with E-state index in [1.54, 1.807) is 0 Å². The Balaban J connectivity index is 2.02. The zero-order chi connectivity index (χ0) is 13.1. The third kappa shape index (κ3) is 2.87. The van der Waals surface area contributed by atoms with Crippen molar-refractivity contribution in [1.29, 1.82) is 0 Å². The molecule has 1 aromatic carbocycles. The van der Waals surface area contributed by atoms with Crippen LogP contribution in [0.1, 0.15) is 17.0 Å². The van der Waals surface area contributed by atoms with E-state index < -0.39 is 0 Å². The number of hydrogen-bond donors (Lipinski definition) is 1. The van der Waals surface area contributed by atoms with Gasteiger partial charge in [0, 0.05) is 12.6 Å². The zero-order valence-electron chi connectivity index (χ0n) is 10.4. The van der Waals surface area contributed by atoms with Crippen LogP contribution in [0, 0.1) is 6.92 Å². The molecule has 0 radical (unpaired) electrons. The van der Waals surface area contributed by atoms with Gasteiger partial charge in [-0.3, -0.25) is 4.68 Å². The third-order valence-electron chi connectivity index (χ3n) is 2.62. The van der Waals surface area contributed by atoms with E-state index in [9.17, 15) is 0 Å². The van der Waals surface area contributed by atoms with Crippen LogP contribution in [-0.4, -0.2) is 14.8 Å². The molecule has 5 heteroatoms. The maximum absolute atomic E-state index is 5.68. The highest BCUT2D eigenvalue weighted by Gasteiger charge is 2.03. The molecule has 0 amide bonds. The number of thiocarbonyl (C=S) groups is 1. The Bertz CT molecular complexity index is 560. The molecular weight excluding hydrogens is 246 g/mol. The van der Waals surface area contributed by atoms with Gasteiger partial charge in [-0.1, -0.05) is 12.2 Å². The molecule has 0 unspecified atom stereocenters. The molecule has 2 aromatic rings. The molecule has 4 nitrogen and oxygen atoms in total. The first kappa shape index (κ1) is 12.6. The highest BCUT2D eigenvalue weighted by Crippen LogP contribution is 2.14. The van der Waals surface area contributed by atoms with E-state index in [0.717, 1.165) is 22.7 Å². The predicted molar refractivity (Wildman–Crippen MR) is 74.6 cm³/mol. The smallest absolute Gasteiger partial charge is 0.130 e. The van der Waals surface area contributed by atoms with Crippen LogP contribution < -0.4 is 10.5 Å². The lowest BCUT2D eigenvalue weighted by atomic mass is 10.2. The Labute approximate surface area is 111 Å². The number of rotatable bonds is 4. The standard InChI is InChI=1S/C13H15N3OS/c1-9-7-11(16(2)15-9)8-17-12-5-3-10(4-6-12)13(14)18/h3-7H,8H2,1-2H3,(H2,14,18). The molecule has 0 aliphatic carbocycles. The quantitative estimate of drug-likeness (QED) is 0.855. The Morgan fingerprint density at radius 3 is 2.56 bits per heavy atom. The Morgan fingerprint density at radius 1 is 1.39 bits per heavy atom. The highest BCUT2D eigenvalue weighted by molar-refractivity contribution is 7.80. The van der Waals surface area contributed by atoms with E-state index >= 15 is 0 Å². The van der Waals surface area contributed by atoms with Crippen LogP contribution in [0.2, 0.25) is 0 Å². The van der Waals surface area contributed by atoms with Gasteiger partial charge in [0.2, 0.25) is 0 Å². The number of nitrogens with two attached hydrogens (primary N) is 1. The summed E-state index contributed by atoms with van der Waals surface area (Å²) in [6, 6.07) is 9.43. The minimum atomic E-state index is 0.392. The highest BCUT2D eigenvalue weighted by atomic mass is 32.1. The van der Waals surface area contributed by atoms with Crippen molar-refractivity contribution >= 4 is 17.2 Å². The first-order valence-corrected chi connectivity index (χ1v) is 5.99. The lowest BCUT2D eigenvalue weighted by Gasteiger charge is -2.07. The summed E-state index contributed by atoms with van der Waals surface area (Å²) in [5.74, 6) is 0.786. The largest absolute Gasteiger partial charge is 0.487 e. The fraction of sp³-hybridized carbons (Fsp3) is 0.231. The van der Waals surface area contributed by atoms with Crippen molar-refractivity contribution in [1.82, 2.24) is 9.78 Å². The molecule has 1 aromatic heterocycles. The van der Waals surface area contributed by atoms with Crippen molar-refractivity contribution in [3.63, 3.8) is 0 Å². The number of benzene rings is 1. The van der Waals surface area contributed by atoms with E-state index in [1.165, 1.54) is 0 Å². The van der Waals surface area contributed by atoms with Gasteiger partial charge in [0.25, 0.3) is 0 Å². The number of ether oxygens (including phenoxy) is 1. The van der Waals surface area contributed by atoms with Gasteiger partial charge in [0.15, 0.2) is 0 Å². The van der Waals surface area contributed by atoms with Crippen molar-refractivity contribution in [2.24, 2.45) is 12.8 Å². The maximum Gasteiger partial charge on any atom is 0.130 e. The summed E-state index contributed by atoms with van der Waals surface area (Å²) in [5, 5.41) is 4.26. The Kier molecular flexibility index (Phi) is 3.62. The average molecular weight is 261 g/mol. The lowest BCUT2D eigenvalue weighted by molar-refractivity contribution is 0.295. The molecular formula is C13H15N3OS. The summed E-state index contributed by atoms with van der Waals surface area (Å²) in [6.07, 6.45) is 0. The fourth-order valence-corrected chi connectivity index (χ4v) is 1.81. The molecule has 0 aliphatic heterocycles. The normalized spacial score (nSPS) is 10.3. The molecule has 2 N–H and O–H groups in total. The topological polar surface area (TPSA) is 53.1 Å². The summed E-state index contributed by atoms with van der Waals surface area (Å²) >= 11 is 4.89. The fourth-order valence-electron chi connectivity index (χ4n) is 1.67. The summed E-state index contributed by atoms with van der Waals surface area (Å²) < 4.78 is 7.49. The minimum absolute atomic E-state index is 0.392. The maximum atomic E-state index is 5.68. The van der Waals surface area contributed by atoms with Gasteiger partial charge in [-0.25, -0.2) is 0 Å². The molecule has 0 saturated carbocycles. The van der Waals surface area contributed by atoms with Crippen molar-refractivity contribution in [2.45, 2.75) is 13.5 Å². The number of nitrogens with zero attached hydrogens (tertiary/aromatic N) is 2. The van der Waals surface area contributed by atoms with Gasteiger partial charge in [0.1, 0.15) is 17.3 Å². The van der Waals surface area contributed by atoms with Crippen molar-refractivity contribution in [3.8, 4) is 5.75 Å². The van der Waals surface area contributed by atoms with Crippen LogP contribution in [-0.2, 0) is 13.7 Å². The van der Waals surface area contributed by atoms with Crippen molar-refractivity contribution < 1.29 is 4.74 Å². The van der Waals surface area contributed by atoms with Crippen LogP contribution in [0.15, 0.2) is 30.3 Å².